The Bertz CT molecular complexity index is 768. The van der Waals surface area contributed by atoms with E-state index in [1.807, 2.05) is 6.07 Å². The fraction of sp³-hybridized carbons (Fsp3) is 0.222. The standard InChI is InChI=1S/C18H18FNO6/c19-14-7-12(6-13(8-14)17(23)24)16(22)15(21)9-20-18(25)26-10-11-4-2-1-3-5-11/h1-8,15-16,21-22H,9-10H2,(H,20,25)(H,23,24). The predicted molar refractivity (Wildman–Crippen MR) is 89.0 cm³/mol. The minimum absolute atomic E-state index is 0.0389. The Morgan fingerprint density at radius 1 is 1.12 bits per heavy atom. The summed E-state index contributed by atoms with van der Waals surface area (Å²) in [7, 11) is 0. The first-order chi connectivity index (χ1) is 12.4. The van der Waals surface area contributed by atoms with Gasteiger partial charge in [-0.05, 0) is 29.3 Å². The Morgan fingerprint density at radius 2 is 1.81 bits per heavy atom. The maximum atomic E-state index is 13.4. The molecule has 2 aromatic carbocycles. The second kappa shape index (κ2) is 8.93. The first kappa shape index (κ1) is 19.4. The summed E-state index contributed by atoms with van der Waals surface area (Å²) in [5.41, 5.74) is 0.306. The fourth-order valence-electron chi connectivity index (χ4n) is 2.20. The van der Waals surface area contributed by atoms with E-state index in [-0.39, 0.29) is 24.3 Å². The van der Waals surface area contributed by atoms with Gasteiger partial charge in [0.1, 0.15) is 24.6 Å². The van der Waals surface area contributed by atoms with E-state index < -0.39 is 30.1 Å². The van der Waals surface area contributed by atoms with E-state index >= 15 is 0 Å². The zero-order valence-corrected chi connectivity index (χ0v) is 13.6. The summed E-state index contributed by atoms with van der Waals surface area (Å²) in [4.78, 5) is 22.5. The van der Waals surface area contributed by atoms with E-state index in [9.17, 15) is 24.2 Å². The van der Waals surface area contributed by atoms with Crippen molar-refractivity contribution in [3.63, 3.8) is 0 Å². The lowest BCUT2D eigenvalue weighted by Gasteiger charge is -2.19. The average molecular weight is 363 g/mol. The van der Waals surface area contributed by atoms with Crippen molar-refractivity contribution in [2.24, 2.45) is 0 Å². The molecule has 0 bridgehead atoms. The minimum Gasteiger partial charge on any atom is -0.478 e. The molecule has 0 saturated heterocycles. The van der Waals surface area contributed by atoms with Gasteiger partial charge in [0.2, 0.25) is 0 Å². The summed E-state index contributed by atoms with van der Waals surface area (Å²) in [6.45, 7) is -0.328. The number of carbonyl (C=O) groups is 2. The molecular weight excluding hydrogens is 345 g/mol. The second-order valence-corrected chi connectivity index (χ2v) is 5.53. The molecule has 2 rings (SSSR count). The maximum Gasteiger partial charge on any atom is 0.407 e. The van der Waals surface area contributed by atoms with Crippen molar-refractivity contribution >= 4 is 12.1 Å². The highest BCUT2D eigenvalue weighted by atomic mass is 19.1. The topological polar surface area (TPSA) is 116 Å². The summed E-state index contributed by atoms with van der Waals surface area (Å²) in [6.07, 6.45) is -3.87. The summed E-state index contributed by atoms with van der Waals surface area (Å²) >= 11 is 0. The minimum atomic E-state index is -1.58. The van der Waals surface area contributed by atoms with E-state index in [1.165, 1.54) is 0 Å². The quantitative estimate of drug-likeness (QED) is 0.597. The van der Waals surface area contributed by atoms with Crippen molar-refractivity contribution in [1.29, 1.82) is 0 Å². The highest BCUT2D eigenvalue weighted by Gasteiger charge is 2.21. The number of alkyl carbamates (subject to hydrolysis) is 1. The van der Waals surface area contributed by atoms with Gasteiger partial charge in [0.15, 0.2) is 0 Å². The highest BCUT2D eigenvalue weighted by molar-refractivity contribution is 5.87. The number of carboxylic acids is 1. The lowest BCUT2D eigenvalue weighted by atomic mass is 10.0. The van der Waals surface area contributed by atoms with Crippen molar-refractivity contribution in [1.82, 2.24) is 5.32 Å². The molecule has 0 heterocycles. The van der Waals surface area contributed by atoms with Crippen LogP contribution < -0.4 is 5.32 Å². The molecular formula is C18H18FNO6. The Balaban J connectivity index is 1.87. The van der Waals surface area contributed by atoms with Crippen LogP contribution in [0.5, 0.6) is 0 Å². The van der Waals surface area contributed by atoms with Crippen molar-refractivity contribution in [2.75, 3.05) is 6.54 Å². The highest BCUT2D eigenvalue weighted by Crippen LogP contribution is 2.20. The number of hydrogen-bond acceptors (Lipinski definition) is 5. The fourth-order valence-corrected chi connectivity index (χ4v) is 2.20. The number of aliphatic hydroxyl groups excluding tert-OH is 2. The smallest absolute Gasteiger partial charge is 0.407 e. The Kier molecular flexibility index (Phi) is 6.65. The van der Waals surface area contributed by atoms with Gasteiger partial charge in [0.25, 0.3) is 0 Å². The molecule has 0 radical (unpaired) electrons. The third-order valence-corrected chi connectivity index (χ3v) is 3.54. The van der Waals surface area contributed by atoms with Gasteiger partial charge in [0.05, 0.1) is 5.56 Å². The van der Waals surface area contributed by atoms with E-state index in [1.54, 1.807) is 24.3 Å². The number of benzene rings is 2. The number of halogens is 1. The number of nitrogens with one attached hydrogen (secondary N) is 1. The molecule has 2 aromatic rings. The van der Waals surface area contributed by atoms with Crippen LogP contribution in [0.3, 0.4) is 0 Å². The van der Waals surface area contributed by atoms with Crippen LogP contribution in [0.2, 0.25) is 0 Å². The molecule has 138 valence electrons. The Labute approximate surface area is 148 Å². The van der Waals surface area contributed by atoms with Gasteiger partial charge in [0, 0.05) is 6.54 Å². The summed E-state index contributed by atoms with van der Waals surface area (Å²) < 4.78 is 18.4. The maximum absolute atomic E-state index is 13.4. The van der Waals surface area contributed by atoms with Gasteiger partial charge >= 0.3 is 12.1 Å². The average Bonchev–Trinajstić information content (AvgIpc) is 2.64. The summed E-state index contributed by atoms with van der Waals surface area (Å²) in [5.74, 6) is -2.23. The van der Waals surface area contributed by atoms with Crippen molar-refractivity contribution < 1.29 is 34.0 Å². The van der Waals surface area contributed by atoms with Crippen LogP contribution in [0.15, 0.2) is 48.5 Å². The Morgan fingerprint density at radius 3 is 2.46 bits per heavy atom. The lowest BCUT2D eigenvalue weighted by Crippen LogP contribution is -2.35. The van der Waals surface area contributed by atoms with Crippen LogP contribution in [0.25, 0.3) is 0 Å². The molecule has 0 aliphatic rings. The van der Waals surface area contributed by atoms with Gasteiger partial charge < -0.3 is 25.4 Å². The van der Waals surface area contributed by atoms with E-state index in [0.717, 1.165) is 23.8 Å². The van der Waals surface area contributed by atoms with Gasteiger partial charge in [-0.15, -0.1) is 0 Å². The van der Waals surface area contributed by atoms with E-state index in [4.69, 9.17) is 9.84 Å². The third-order valence-electron chi connectivity index (χ3n) is 3.54. The van der Waals surface area contributed by atoms with Crippen LogP contribution in [0, 0.1) is 5.82 Å². The Hall–Kier alpha value is -2.97. The molecule has 8 heteroatoms. The summed E-state index contributed by atoms with van der Waals surface area (Å²) in [5, 5.41) is 31.1. The predicted octanol–water partition coefficient (Wildman–Crippen LogP) is 1.84. The van der Waals surface area contributed by atoms with Gasteiger partial charge in [-0.2, -0.15) is 0 Å². The van der Waals surface area contributed by atoms with E-state index in [0.29, 0.717) is 0 Å². The molecule has 0 saturated carbocycles. The number of aliphatic hydroxyl groups is 2. The number of amides is 1. The second-order valence-electron chi connectivity index (χ2n) is 5.53. The van der Waals surface area contributed by atoms with Gasteiger partial charge in [-0.25, -0.2) is 14.0 Å². The molecule has 4 N–H and O–H groups in total. The van der Waals surface area contributed by atoms with Gasteiger partial charge in [-0.1, -0.05) is 30.3 Å². The molecule has 2 unspecified atom stereocenters. The monoisotopic (exact) mass is 363 g/mol. The van der Waals surface area contributed by atoms with Crippen LogP contribution in [-0.4, -0.2) is 40.0 Å². The lowest BCUT2D eigenvalue weighted by molar-refractivity contribution is 0.0182. The number of carbonyl (C=O) groups excluding carboxylic acids is 1. The van der Waals surface area contributed by atoms with Gasteiger partial charge in [-0.3, -0.25) is 0 Å². The molecule has 2 atom stereocenters. The molecule has 0 fully saturated rings. The zero-order chi connectivity index (χ0) is 19.1. The molecule has 26 heavy (non-hydrogen) atoms. The zero-order valence-electron chi connectivity index (χ0n) is 13.6. The number of hydrogen-bond donors (Lipinski definition) is 4. The first-order valence-electron chi connectivity index (χ1n) is 7.71. The van der Waals surface area contributed by atoms with Crippen molar-refractivity contribution in [2.45, 2.75) is 18.8 Å². The molecule has 0 aromatic heterocycles. The number of carboxylic acid groups (broad SMARTS) is 1. The normalized spacial score (nSPS) is 12.9. The van der Waals surface area contributed by atoms with Crippen molar-refractivity contribution in [3.05, 3.63) is 71.0 Å². The largest absolute Gasteiger partial charge is 0.478 e. The van der Waals surface area contributed by atoms with Crippen LogP contribution >= 0.6 is 0 Å². The molecule has 0 aliphatic carbocycles. The number of rotatable bonds is 7. The first-order valence-corrected chi connectivity index (χ1v) is 7.71. The summed E-state index contributed by atoms with van der Waals surface area (Å²) in [6, 6.07) is 11.7. The molecule has 1 amide bonds. The molecule has 0 spiro atoms. The third kappa shape index (κ3) is 5.54. The molecule has 7 nitrogen and oxygen atoms in total. The van der Waals surface area contributed by atoms with Crippen LogP contribution in [-0.2, 0) is 11.3 Å². The van der Waals surface area contributed by atoms with E-state index in [2.05, 4.69) is 5.32 Å². The van der Waals surface area contributed by atoms with Crippen molar-refractivity contribution in [3.8, 4) is 0 Å². The van der Waals surface area contributed by atoms with Crippen LogP contribution in [0.1, 0.15) is 27.6 Å². The number of aromatic carboxylic acids is 1. The SMILES string of the molecule is O=C(NCC(O)C(O)c1cc(F)cc(C(=O)O)c1)OCc1ccccc1. The van der Waals surface area contributed by atoms with Crippen LogP contribution in [0.4, 0.5) is 9.18 Å². The molecule has 0 aliphatic heterocycles. The number of ether oxygens (including phenoxy) is 1.